The van der Waals surface area contributed by atoms with E-state index in [0.717, 1.165) is 17.8 Å². The highest BCUT2D eigenvalue weighted by Gasteiger charge is 2.33. The zero-order valence-electron chi connectivity index (χ0n) is 13.2. The molecular weight excluding hydrogens is 294 g/mol. The first-order chi connectivity index (χ1) is 11.0. The number of hydrogen-bond donors (Lipinski definition) is 0. The smallest absolute Gasteiger partial charge is 0.269 e. The molecule has 0 saturated heterocycles. The number of amides is 1. The van der Waals surface area contributed by atoms with E-state index in [1.54, 1.807) is 12.1 Å². The summed E-state index contributed by atoms with van der Waals surface area (Å²) in [7, 11) is 0. The summed E-state index contributed by atoms with van der Waals surface area (Å²) in [6.07, 6.45) is 2.00. The summed E-state index contributed by atoms with van der Waals surface area (Å²) < 4.78 is 2.14. The van der Waals surface area contributed by atoms with Crippen LogP contribution in [-0.4, -0.2) is 26.8 Å². The van der Waals surface area contributed by atoms with Gasteiger partial charge in [0.2, 0.25) is 5.91 Å². The molecule has 0 saturated carbocycles. The number of rotatable bonds is 3. The van der Waals surface area contributed by atoms with Crippen molar-refractivity contribution in [3.8, 4) is 0 Å². The average Bonchev–Trinajstić information content (AvgIpc) is 3.01. The SMILES string of the molecule is CC(C)C(=O)N1CCn2cccc2C1c1ccc([N+](=O)[O-])cc1. The summed E-state index contributed by atoms with van der Waals surface area (Å²) in [5.41, 5.74) is 1.99. The summed E-state index contributed by atoms with van der Waals surface area (Å²) >= 11 is 0. The van der Waals surface area contributed by atoms with Crippen LogP contribution in [0.15, 0.2) is 42.6 Å². The van der Waals surface area contributed by atoms with E-state index in [1.165, 1.54) is 12.1 Å². The number of benzene rings is 1. The van der Waals surface area contributed by atoms with Crippen LogP contribution in [0.25, 0.3) is 0 Å². The zero-order valence-corrected chi connectivity index (χ0v) is 13.2. The van der Waals surface area contributed by atoms with Crippen LogP contribution in [0.2, 0.25) is 0 Å². The Bertz CT molecular complexity index is 734. The Labute approximate surface area is 134 Å². The maximum Gasteiger partial charge on any atom is 0.269 e. The lowest BCUT2D eigenvalue weighted by molar-refractivity contribution is -0.384. The minimum absolute atomic E-state index is 0.0571. The van der Waals surface area contributed by atoms with Crippen LogP contribution >= 0.6 is 0 Å². The van der Waals surface area contributed by atoms with Crippen LogP contribution in [-0.2, 0) is 11.3 Å². The zero-order chi connectivity index (χ0) is 16.6. The second kappa shape index (κ2) is 5.87. The number of carbonyl (C=O) groups is 1. The van der Waals surface area contributed by atoms with Gasteiger partial charge in [0.25, 0.3) is 5.69 Å². The van der Waals surface area contributed by atoms with Crippen molar-refractivity contribution < 1.29 is 9.72 Å². The van der Waals surface area contributed by atoms with Crippen molar-refractivity contribution in [1.82, 2.24) is 9.47 Å². The van der Waals surface area contributed by atoms with Gasteiger partial charge in [0.1, 0.15) is 0 Å². The van der Waals surface area contributed by atoms with Gasteiger partial charge in [-0.2, -0.15) is 0 Å². The fourth-order valence-electron chi connectivity index (χ4n) is 3.08. The van der Waals surface area contributed by atoms with Crippen LogP contribution in [0, 0.1) is 16.0 Å². The summed E-state index contributed by atoms with van der Waals surface area (Å²) in [5, 5.41) is 10.8. The van der Waals surface area contributed by atoms with E-state index in [4.69, 9.17) is 0 Å². The highest BCUT2D eigenvalue weighted by molar-refractivity contribution is 5.79. The van der Waals surface area contributed by atoms with Crippen LogP contribution in [0.1, 0.15) is 31.1 Å². The minimum Gasteiger partial charge on any atom is -0.348 e. The van der Waals surface area contributed by atoms with Gasteiger partial charge < -0.3 is 9.47 Å². The van der Waals surface area contributed by atoms with Crippen molar-refractivity contribution in [3.05, 3.63) is 64.0 Å². The summed E-state index contributed by atoms with van der Waals surface area (Å²) in [5.74, 6) is 0.0119. The Hall–Kier alpha value is -2.63. The van der Waals surface area contributed by atoms with Gasteiger partial charge in [-0.05, 0) is 29.8 Å². The van der Waals surface area contributed by atoms with Crippen LogP contribution in [0.3, 0.4) is 0 Å². The first kappa shape index (κ1) is 15.3. The van der Waals surface area contributed by atoms with Crippen molar-refractivity contribution >= 4 is 11.6 Å². The number of carbonyl (C=O) groups excluding carboxylic acids is 1. The van der Waals surface area contributed by atoms with Crippen molar-refractivity contribution in [3.63, 3.8) is 0 Å². The molecule has 1 aliphatic rings. The van der Waals surface area contributed by atoms with Gasteiger partial charge in [-0.3, -0.25) is 14.9 Å². The Morgan fingerprint density at radius 2 is 1.91 bits per heavy atom. The number of nitro benzene ring substituents is 1. The van der Waals surface area contributed by atoms with Gasteiger partial charge in [-0.25, -0.2) is 0 Å². The van der Waals surface area contributed by atoms with Gasteiger partial charge in [-0.15, -0.1) is 0 Å². The maximum atomic E-state index is 12.6. The van der Waals surface area contributed by atoms with Gasteiger partial charge in [0.05, 0.1) is 11.0 Å². The molecule has 1 aromatic carbocycles. The topological polar surface area (TPSA) is 68.4 Å². The first-order valence-corrected chi connectivity index (χ1v) is 7.69. The van der Waals surface area contributed by atoms with Gasteiger partial charge >= 0.3 is 0 Å². The normalized spacial score (nSPS) is 17.2. The quantitative estimate of drug-likeness (QED) is 0.646. The largest absolute Gasteiger partial charge is 0.348 e. The second-order valence-electron chi connectivity index (χ2n) is 6.06. The number of aromatic nitrogens is 1. The first-order valence-electron chi connectivity index (χ1n) is 7.69. The Morgan fingerprint density at radius 1 is 1.22 bits per heavy atom. The molecule has 2 heterocycles. The van der Waals surface area contributed by atoms with Gasteiger partial charge in [-0.1, -0.05) is 13.8 Å². The molecule has 120 valence electrons. The van der Waals surface area contributed by atoms with Crippen molar-refractivity contribution in [2.24, 2.45) is 5.92 Å². The van der Waals surface area contributed by atoms with Crippen molar-refractivity contribution in [2.75, 3.05) is 6.54 Å². The van der Waals surface area contributed by atoms with E-state index >= 15 is 0 Å². The highest BCUT2D eigenvalue weighted by atomic mass is 16.6. The van der Waals surface area contributed by atoms with E-state index in [0.29, 0.717) is 6.54 Å². The summed E-state index contributed by atoms with van der Waals surface area (Å²) in [6, 6.07) is 10.3. The fourth-order valence-corrected chi connectivity index (χ4v) is 3.08. The fraction of sp³-hybridized carbons (Fsp3) is 0.353. The van der Waals surface area contributed by atoms with E-state index < -0.39 is 4.92 Å². The lowest BCUT2D eigenvalue weighted by atomic mass is 9.98. The van der Waals surface area contributed by atoms with Gasteiger partial charge in [0, 0.05) is 43.0 Å². The van der Waals surface area contributed by atoms with Crippen LogP contribution in [0.4, 0.5) is 5.69 Å². The van der Waals surface area contributed by atoms with E-state index in [1.807, 2.05) is 37.1 Å². The molecule has 0 spiro atoms. The highest BCUT2D eigenvalue weighted by Crippen LogP contribution is 2.34. The van der Waals surface area contributed by atoms with Crippen molar-refractivity contribution in [1.29, 1.82) is 0 Å². The van der Waals surface area contributed by atoms with Gasteiger partial charge in [0.15, 0.2) is 0 Å². The molecule has 0 bridgehead atoms. The molecule has 1 aromatic heterocycles. The van der Waals surface area contributed by atoms with Crippen LogP contribution in [0.5, 0.6) is 0 Å². The number of nitro groups is 1. The summed E-state index contributed by atoms with van der Waals surface area (Å²) in [4.78, 5) is 24.9. The van der Waals surface area contributed by atoms with Crippen molar-refractivity contribution in [2.45, 2.75) is 26.4 Å². The molecule has 1 amide bonds. The molecule has 1 atom stereocenters. The Balaban J connectivity index is 2.03. The predicted molar refractivity (Wildman–Crippen MR) is 85.9 cm³/mol. The molecule has 1 aliphatic heterocycles. The van der Waals surface area contributed by atoms with E-state index in [2.05, 4.69) is 4.57 Å². The monoisotopic (exact) mass is 313 g/mol. The average molecular weight is 313 g/mol. The molecule has 0 radical (unpaired) electrons. The predicted octanol–water partition coefficient (Wildman–Crippen LogP) is 2.98. The molecule has 0 fully saturated rings. The molecule has 0 aliphatic carbocycles. The van der Waals surface area contributed by atoms with E-state index in [-0.39, 0.29) is 23.6 Å². The molecule has 2 aromatic rings. The molecule has 0 N–H and O–H groups in total. The third-order valence-corrected chi connectivity index (χ3v) is 4.23. The number of non-ortho nitro benzene ring substituents is 1. The third kappa shape index (κ3) is 2.72. The Kier molecular flexibility index (Phi) is 3.90. The number of fused-ring (bicyclic) bond motifs is 1. The standard InChI is InChI=1S/C17H19N3O3/c1-12(2)17(21)19-11-10-18-9-3-4-15(18)16(19)13-5-7-14(8-6-13)20(22)23/h3-9,12,16H,10-11H2,1-2H3. The second-order valence-corrected chi connectivity index (χ2v) is 6.06. The maximum absolute atomic E-state index is 12.6. The lowest BCUT2D eigenvalue weighted by Crippen LogP contribution is -2.44. The van der Waals surface area contributed by atoms with Crippen LogP contribution < -0.4 is 0 Å². The molecular formula is C17H19N3O3. The lowest BCUT2D eigenvalue weighted by Gasteiger charge is -2.38. The minimum atomic E-state index is -0.412. The van der Waals surface area contributed by atoms with E-state index in [9.17, 15) is 14.9 Å². The molecule has 1 unspecified atom stereocenters. The molecule has 3 rings (SSSR count). The molecule has 6 nitrogen and oxygen atoms in total. The number of nitrogens with zero attached hydrogens (tertiary/aromatic N) is 3. The third-order valence-electron chi connectivity index (χ3n) is 4.23. The number of hydrogen-bond acceptors (Lipinski definition) is 3. The summed E-state index contributed by atoms with van der Waals surface area (Å²) in [6.45, 7) is 5.19. The Morgan fingerprint density at radius 3 is 2.52 bits per heavy atom. The molecule has 23 heavy (non-hydrogen) atoms. The molecule has 6 heteroatoms.